The Morgan fingerprint density at radius 2 is 1.95 bits per heavy atom. The molecule has 2 rings (SSSR count). The van der Waals surface area contributed by atoms with Crippen molar-refractivity contribution >= 4 is 0 Å². The van der Waals surface area contributed by atoms with E-state index in [0.717, 1.165) is 5.92 Å². The van der Waals surface area contributed by atoms with E-state index < -0.39 is 0 Å². The smallest absolute Gasteiger partial charge is 0.0322 e. The van der Waals surface area contributed by atoms with Crippen LogP contribution < -0.4 is 5.32 Å². The molecule has 20 heavy (non-hydrogen) atoms. The van der Waals surface area contributed by atoms with Gasteiger partial charge in [-0.25, -0.2) is 0 Å². The molecule has 1 aromatic rings. The summed E-state index contributed by atoms with van der Waals surface area (Å²) in [4.78, 5) is 2.49. The fraction of sp³-hybridized carbons (Fsp3) is 0.667. The maximum absolute atomic E-state index is 3.95. The van der Waals surface area contributed by atoms with Crippen molar-refractivity contribution in [3.63, 3.8) is 0 Å². The molecule has 2 heteroatoms. The first kappa shape index (κ1) is 15.5. The molecule has 1 aliphatic heterocycles. The molecular weight excluding hydrogens is 244 g/mol. The average molecular weight is 274 g/mol. The molecule has 1 aromatic carbocycles. The minimum atomic E-state index is 0.504. The van der Waals surface area contributed by atoms with E-state index in [1.165, 1.54) is 31.4 Å². The van der Waals surface area contributed by atoms with Gasteiger partial charge in [0.2, 0.25) is 0 Å². The van der Waals surface area contributed by atoms with Crippen LogP contribution in [0.3, 0.4) is 0 Å². The normalized spacial score (nSPS) is 29.3. The van der Waals surface area contributed by atoms with Gasteiger partial charge in [0.1, 0.15) is 0 Å². The molecule has 4 unspecified atom stereocenters. The number of hydrogen-bond donors (Lipinski definition) is 1. The third-order valence-corrected chi connectivity index (χ3v) is 4.80. The van der Waals surface area contributed by atoms with E-state index in [0.29, 0.717) is 18.1 Å². The van der Waals surface area contributed by atoms with E-state index in [1.807, 2.05) is 0 Å². The molecule has 1 saturated heterocycles. The SMILES string of the molecule is CCCC(NC1CC(C)N(C)CC1C)c1ccccc1. The molecule has 1 heterocycles. The Morgan fingerprint density at radius 3 is 2.60 bits per heavy atom. The summed E-state index contributed by atoms with van der Waals surface area (Å²) in [6.45, 7) is 8.21. The van der Waals surface area contributed by atoms with E-state index in [1.54, 1.807) is 0 Å². The standard InChI is InChI=1S/C18H30N2/c1-5-9-17(16-10-7-6-8-11-16)19-18-12-15(3)20(4)13-14(18)2/h6-8,10-11,14-15,17-19H,5,9,12-13H2,1-4H3. The lowest BCUT2D eigenvalue weighted by Crippen LogP contribution is -2.51. The second kappa shape index (κ2) is 7.24. The van der Waals surface area contributed by atoms with Crippen LogP contribution in [0, 0.1) is 5.92 Å². The van der Waals surface area contributed by atoms with Gasteiger partial charge in [-0.2, -0.15) is 0 Å². The van der Waals surface area contributed by atoms with E-state index in [2.05, 4.69) is 68.4 Å². The fourth-order valence-corrected chi connectivity index (χ4v) is 3.35. The summed E-state index contributed by atoms with van der Waals surface area (Å²) in [5, 5.41) is 3.95. The molecule has 1 fully saturated rings. The Balaban J connectivity index is 2.04. The minimum absolute atomic E-state index is 0.504. The van der Waals surface area contributed by atoms with Crippen LogP contribution in [0.2, 0.25) is 0 Å². The Bertz CT molecular complexity index is 390. The van der Waals surface area contributed by atoms with Gasteiger partial charge in [0.25, 0.3) is 0 Å². The molecule has 0 bridgehead atoms. The molecule has 0 spiro atoms. The Hall–Kier alpha value is -0.860. The van der Waals surface area contributed by atoms with Gasteiger partial charge in [0.05, 0.1) is 0 Å². The summed E-state index contributed by atoms with van der Waals surface area (Å²) >= 11 is 0. The molecule has 0 aliphatic carbocycles. The van der Waals surface area contributed by atoms with Crippen LogP contribution >= 0.6 is 0 Å². The Kier molecular flexibility index (Phi) is 5.62. The van der Waals surface area contributed by atoms with Crippen molar-refractivity contribution in [2.75, 3.05) is 13.6 Å². The molecule has 112 valence electrons. The molecule has 1 aliphatic rings. The zero-order valence-electron chi connectivity index (χ0n) is 13.5. The molecule has 0 radical (unpaired) electrons. The van der Waals surface area contributed by atoms with Crippen LogP contribution in [0.5, 0.6) is 0 Å². The number of likely N-dealkylation sites (tertiary alicyclic amines) is 1. The van der Waals surface area contributed by atoms with Crippen LogP contribution in [0.15, 0.2) is 30.3 Å². The minimum Gasteiger partial charge on any atom is -0.307 e. The second-order valence-corrected chi connectivity index (χ2v) is 6.53. The first-order valence-electron chi connectivity index (χ1n) is 8.13. The van der Waals surface area contributed by atoms with Gasteiger partial charge >= 0.3 is 0 Å². The average Bonchev–Trinajstić information content (AvgIpc) is 2.45. The number of rotatable bonds is 5. The van der Waals surface area contributed by atoms with Crippen LogP contribution in [0.25, 0.3) is 0 Å². The van der Waals surface area contributed by atoms with Gasteiger partial charge in [0, 0.05) is 24.7 Å². The molecule has 0 amide bonds. The van der Waals surface area contributed by atoms with Crippen molar-refractivity contribution in [2.45, 2.75) is 58.2 Å². The first-order valence-corrected chi connectivity index (χ1v) is 8.13. The van der Waals surface area contributed by atoms with E-state index in [4.69, 9.17) is 0 Å². The maximum atomic E-state index is 3.95. The quantitative estimate of drug-likeness (QED) is 0.877. The van der Waals surface area contributed by atoms with E-state index in [9.17, 15) is 0 Å². The number of piperidine rings is 1. The second-order valence-electron chi connectivity index (χ2n) is 6.53. The summed E-state index contributed by atoms with van der Waals surface area (Å²) in [5.74, 6) is 0.722. The largest absolute Gasteiger partial charge is 0.307 e. The molecule has 0 saturated carbocycles. The summed E-state index contributed by atoms with van der Waals surface area (Å²) in [6.07, 6.45) is 3.70. The predicted octanol–water partition coefficient (Wildman–Crippen LogP) is 3.85. The number of nitrogens with zero attached hydrogens (tertiary/aromatic N) is 1. The zero-order chi connectivity index (χ0) is 14.5. The van der Waals surface area contributed by atoms with Crippen molar-refractivity contribution in [1.82, 2.24) is 10.2 Å². The molecule has 0 aromatic heterocycles. The summed E-state index contributed by atoms with van der Waals surface area (Å²) < 4.78 is 0. The summed E-state index contributed by atoms with van der Waals surface area (Å²) in [6, 6.07) is 12.8. The highest BCUT2D eigenvalue weighted by molar-refractivity contribution is 5.19. The highest BCUT2D eigenvalue weighted by Gasteiger charge is 2.30. The first-order chi connectivity index (χ1) is 9.61. The molecule has 4 atom stereocenters. The molecular formula is C18H30N2. The third-order valence-electron chi connectivity index (χ3n) is 4.80. The van der Waals surface area contributed by atoms with Gasteiger partial charge in [-0.15, -0.1) is 0 Å². The van der Waals surface area contributed by atoms with Crippen LogP contribution in [-0.4, -0.2) is 30.6 Å². The van der Waals surface area contributed by atoms with E-state index in [-0.39, 0.29) is 0 Å². The van der Waals surface area contributed by atoms with Crippen molar-refractivity contribution < 1.29 is 0 Å². The Labute approximate surface area is 124 Å². The third kappa shape index (κ3) is 3.83. The highest BCUT2D eigenvalue weighted by atomic mass is 15.2. The molecule has 1 N–H and O–H groups in total. The van der Waals surface area contributed by atoms with Gasteiger partial charge in [-0.1, -0.05) is 50.6 Å². The van der Waals surface area contributed by atoms with Crippen LogP contribution in [0.1, 0.15) is 51.6 Å². The Morgan fingerprint density at radius 1 is 1.25 bits per heavy atom. The van der Waals surface area contributed by atoms with Crippen LogP contribution in [-0.2, 0) is 0 Å². The lowest BCUT2D eigenvalue weighted by Gasteiger charge is -2.41. The van der Waals surface area contributed by atoms with Crippen LogP contribution in [0.4, 0.5) is 0 Å². The zero-order valence-corrected chi connectivity index (χ0v) is 13.5. The number of benzene rings is 1. The fourth-order valence-electron chi connectivity index (χ4n) is 3.35. The van der Waals surface area contributed by atoms with Gasteiger partial charge in [-0.05, 0) is 38.3 Å². The van der Waals surface area contributed by atoms with Crippen molar-refractivity contribution in [3.8, 4) is 0 Å². The number of nitrogens with one attached hydrogen (secondary N) is 1. The lowest BCUT2D eigenvalue weighted by molar-refractivity contribution is 0.114. The molecule has 2 nitrogen and oxygen atoms in total. The van der Waals surface area contributed by atoms with Crippen molar-refractivity contribution in [1.29, 1.82) is 0 Å². The van der Waals surface area contributed by atoms with Crippen molar-refractivity contribution in [2.24, 2.45) is 5.92 Å². The van der Waals surface area contributed by atoms with Gasteiger partial charge in [0.15, 0.2) is 0 Å². The van der Waals surface area contributed by atoms with E-state index >= 15 is 0 Å². The van der Waals surface area contributed by atoms with Gasteiger partial charge < -0.3 is 10.2 Å². The monoisotopic (exact) mass is 274 g/mol. The highest BCUT2D eigenvalue weighted by Crippen LogP contribution is 2.26. The van der Waals surface area contributed by atoms with Crippen molar-refractivity contribution in [3.05, 3.63) is 35.9 Å². The predicted molar refractivity (Wildman–Crippen MR) is 86.9 cm³/mol. The van der Waals surface area contributed by atoms with Gasteiger partial charge in [-0.3, -0.25) is 0 Å². The summed E-state index contributed by atoms with van der Waals surface area (Å²) in [7, 11) is 2.25. The topological polar surface area (TPSA) is 15.3 Å². The summed E-state index contributed by atoms with van der Waals surface area (Å²) in [5.41, 5.74) is 1.44. The maximum Gasteiger partial charge on any atom is 0.0322 e. The number of hydrogen-bond acceptors (Lipinski definition) is 2. The lowest BCUT2D eigenvalue weighted by atomic mass is 9.88.